The van der Waals surface area contributed by atoms with E-state index >= 15 is 0 Å². The molecule has 1 aromatic carbocycles. The van der Waals surface area contributed by atoms with Gasteiger partial charge in [-0.25, -0.2) is 4.68 Å². The van der Waals surface area contributed by atoms with Gasteiger partial charge in [-0.2, -0.15) is 5.10 Å². The molecule has 180 valence electrons. The zero-order valence-electron chi connectivity index (χ0n) is 19.8. The van der Waals surface area contributed by atoms with Gasteiger partial charge in [-0.3, -0.25) is 14.6 Å². The van der Waals surface area contributed by atoms with Crippen LogP contribution in [0.2, 0.25) is 0 Å². The summed E-state index contributed by atoms with van der Waals surface area (Å²) >= 11 is 0. The van der Waals surface area contributed by atoms with Gasteiger partial charge in [0.25, 0.3) is 0 Å². The van der Waals surface area contributed by atoms with Gasteiger partial charge in [0.2, 0.25) is 11.8 Å². The van der Waals surface area contributed by atoms with E-state index in [1.165, 1.54) is 5.56 Å². The monoisotopic (exact) mass is 470 g/mol. The van der Waals surface area contributed by atoms with Crippen LogP contribution in [0, 0.1) is 5.92 Å². The molecular weight excluding hydrogens is 440 g/mol. The molecule has 3 aromatic heterocycles. The quantitative estimate of drug-likeness (QED) is 0.382. The molecule has 0 radical (unpaired) electrons. The Labute approximate surface area is 204 Å². The van der Waals surface area contributed by atoms with E-state index in [-0.39, 0.29) is 17.7 Å². The van der Waals surface area contributed by atoms with E-state index in [0.717, 1.165) is 48.0 Å². The Morgan fingerprint density at radius 3 is 2.91 bits per heavy atom. The standard InChI is InChI=1S/C27H30N6O2/c1-18(26(34)29-17-23-14-22-16-28-11-9-25(22)32-23)31-27(35)21-7-2-5-19(13-21)20-6-3-8-24(15-20)33-12-4-10-30-33/h3-4,6,8-12,14-16,18-19,21,32H,2,5,7,13,17H2,1H3,(H,29,34)(H,31,35)/t18-,19-,21+/m0/s1. The molecule has 0 spiro atoms. The van der Waals surface area contributed by atoms with Crippen molar-refractivity contribution in [3.63, 3.8) is 0 Å². The molecule has 0 saturated heterocycles. The molecular formula is C27H30N6O2. The van der Waals surface area contributed by atoms with Crippen molar-refractivity contribution in [2.45, 2.75) is 51.1 Å². The van der Waals surface area contributed by atoms with Gasteiger partial charge in [0.15, 0.2) is 0 Å². The highest BCUT2D eigenvalue weighted by Gasteiger charge is 2.30. The Morgan fingerprint density at radius 1 is 1.17 bits per heavy atom. The van der Waals surface area contributed by atoms with Crippen LogP contribution >= 0.6 is 0 Å². The number of aromatic nitrogens is 4. The van der Waals surface area contributed by atoms with Crippen molar-refractivity contribution < 1.29 is 9.59 Å². The van der Waals surface area contributed by atoms with Crippen LogP contribution in [-0.4, -0.2) is 37.6 Å². The first-order valence-corrected chi connectivity index (χ1v) is 12.2. The van der Waals surface area contributed by atoms with E-state index in [1.807, 2.05) is 41.2 Å². The number of fused-ring (bicyclic) bond motifs is 1. The minimum atomic E-state index is -0.600. The number of amides is 2. The molecule has 1 saturated carbocycles. The lowest BCUT2D eigenvalue weighted by molar-refractivity contribution is -0.131. The summed E-state index contributed by atoms with van der Waals surface area (Å²) in [6.45, 7) is 2.10. The normalized spacial score (nSPS) is 18.8. The summed E-state index contributed by atoms with van der Waals surface area (Å²) in [5.74, 6) is -0.0270. The smallest absolute Gasteiger partial charge is 0.242 e. The number of benzene rings is 1. The minimum absolute atomic E-state index is 0.0442. The second kappa shape index (κ2) is 10.1. The average Bonchev–Trinajstić information content (AvgIpc) is 3.57. The maximum absolute atomic E-state index is 13.0. The summed E-state index contributed by atoms with van der Waals surface area (Å²) in [5.41, 5.74) is 4.13. The Balaban J connectivity index is 1.15. The number of pyridine rings is 1. The van der Waals surface area contributed by atoms with Crippen molar-refractivity contribution in [3.05, 3.63) is 78.5 Å². The summed E-state index contributed by atoms with van der Waals surface area (Å²) in [4.78, 5) is 33.0. The number of aromatic amines is 1. The van der Waals surface area contributed by atoms with Crippen molar-refractivity contribution in [1.29, 1.82) is 0 Å². The van der Waals surface area contributed by atoms with E-state index in [0.29, 0.717) is 12.5 Å². The number of rotatable bonds is 7. The molecule has 0 bridgehead atoms. The zero-order valence-corrected chi connectivity index (χ0v) is 19.8. The molecule has 1 aliphatic rings. The Morgan fingerprint density at radius 2 is 2.09 bits per heavy atom. The number of nitrogens with one attached hydrogen (secondary N) is 3. The van der Waals surface area contributed by atoms with Gasteiger partial charge in [-0.15, -0.1) is 0 Å². The van der Waals surface area contributed by atoms with Crippen molar-refractivity contribution >= 4 is 22.7 Å². The van der Waals surface area contributed by atoms with Crippen LogP contribution in [-0.2, 0) is 16.1 Å². The maximum atomic E-state index is 13.0. The summed E-state index contributed by atoms with van der Waals surface area (Å²) in [6.07, 6.45) is 10.9. The third kappa shape index (κ3) is 5.26. The van der Waals surface area contributed by atoms with Crippen LogP contribution in [0.4, 0.5) is 0 Å². The van der Waals surface area contributed by atoms with E-state index < -0.39 is 6.04 Å². The van der Waals surface area contributed by atoms with E-state index in [9.17, 15) is 9.59 Å². The van der Waals surface area contributed by atoms with Crippen LogP contribution in [0.3, 0.4) is 0 Å². The van der Waals surface area contributed by atoms with E-state index in [1.54, 1.807) is 25.5 Å². The molecule has 3 N–H and O–H groups in total. The van der Waals surface area contributed by atoms with Gasteiger partial charge in [-0.1, -0.05) is 18.6 Å². The highest BCUT2D eigenvalue weighted by atomic mass is 16.2. The number of carbonyl (C=O) groups is 2. The van der Waals surface area contributed by atoms with Crippen LogP contribution in [0.25, 0.3) is 16.6 Å². The molecule has 3 atom stereocenters. The highest BCUT2D eigenvalue weighted by molar-refractivity contribution is 5.88. The molecule has 1 fully saturated rings. The van der Waals surface area contributed by atoms with Gasteiger partial charge in [-0.05, 0) is 68.0 Å². The molecule has 5 rings (SSSR count). The minimum Gasteiger partial charge on any atom is -0.357 e. The fraction of sp³-hybridized carbons (Fsp3) is 0.333. The second-order valence-corrected chi connectivity index (χ2v) is 9.31. The van der Waals surface area contributed by atoms with Gasteiger partial charge < -0.3 is 15.6 Å². The van der Waals surface area contributed by atoms with Gasteiger partial charge in [0.1, 0.15) is 6.04 Å². The summed E-state index contributed by atoms with van der Waals surface area (Å²) in [5, 5.41) is 11.2. The average molecular weight is 471 g/mol. The highest BCUT2D eigenvalue weighted by Crippen LogP contribution is 2.37. The van der Waals surface area contributed by atoms with Crippen molar-refractivity contribution in [2.24, 2.45) is 5.92 Å². The third-order valence-corrected chi connectivity index (χ3v) is 6.84. The molecule has 8 heteroatoms. The number of carbonyl (C=O) groups excluding carboxylic acids is 2. The fourth-order valence-electron chi connectivity index (χ4n) is 4.93. The first kappa shape index (κ1) is 22.8. The largest absolute Gasteiger partial charge is 0.357 e. The van der Waals surface area contributed by atoms with Crippen molar-refractivity contribution in [1.82, 2.24) is 30.4 Å². The van der Waals surface area contributed by atoms with E-state index in [2.05, 4.69) is 37.8 Å². The fourth-order valence-corrected chi connectivity index (χ4v) is 4.93. The lowest BCUT2D eigenvalue weighted by Crippen LogP contribution is -2.47. The first-order valence-electron chi connectivity index (χ1n) is 12.2. The van der Waals surface area contributed by atoms with E-state index in [4.69, 9.17) is 0 Å². The maximum Gasteiger partial charge on any atom is 0.242 e. The first-order chi connectivity index (χ1) is 17.1. The molecule has 0 unspecified atom stereocenters. The van der Waals surface area contributed by atoms with Crippen LogP contribution in [0.1, 0.15) is 49.8 Å². The molecule has 2 amide bonds. The Hall–Kier alpha value is -3.94. The molecule has 35 heavy (non-hydrogen) atoms. The van der Waals surface area contributed by atoms with Crippen molar-refractivity contribution in [2.75, 3.05) is 0 Å². The number of hydrogen-bond donors (Lipinski definition) is 3. The Kier molecular flexibility index (Phi) is 6.61. The SMILES string of the molecule is C[C@H](NC(=O)[C@@H]1CCC[C@H](c2cccc(-n3cccn3)c2)C1)C(=O)NCc1cc2cnccc2[nH]1. The predicted octanol–water partition coefficient (Wildman–Crippen LogP) is 3.84. The molecule has 1 aliphatic carbocycles. The lowest BCUT2D eigenvalue weighted by atomic mass is 9.77. The third-order valence-electron chi connectivity index (χ3n) is 6.84. The van der Waals surface area contributed by atoms with Crippen LogP contribution in [0.15, 0.2) is 67.3 Å². The molecule has 8 nitrogen and oxygen atoms in total. The topological polar surface area (TPSA) is 105 Å². The molecule has 0 aliphatic heterocycles. The van der Waals surface area contributed by atoms with Crippen LogP contribution in [0.5, 0.6) is 0 Å². The van der Waals surface area contributed by atoms with Gasteiger partial charge in [0, 0.05) is 47.3 Å². The number of hydrogen-bond acceptors (Lipinski definition) is 4. The Bertz CT molecular complexity index is 1280. The number of nitrogens with zero attached hydrogens (tertiary/aromatic N) is 3. The van der Waals surface area contributed by atoms with Crippen molar-refractivity contribution in [3.8, 4) is 5.69 Å². The molecule has 4 aromatic rings. The number of H-pyrrole nitrogens is 1. The second-order valence-electron chi connectivity index (χ2n) is 9.31. The lowest BCUT2D eigenvalue weighted by Gasteiger charge is -2.29. The summed E-state index contributed by atoms with van der Waals surface area (Å²) in [7, 11) is 0. The van der Waals surface area contributed by atoms with Gasteiger partial charge in [0.05, 0.1) is 12.2 Å². The predicted molar refractivity (Wildman–Crippen MR) is 134 cm³/mol. The summed E-state index contributed by atoms with van der Waals surface area (Å²) in [6, 6.07) is 13.6. The van der Waals surface area contributed by atoms with Crippen LogP contribution < -0.4 is 10.6 Å². The summed E-state index contributed by atoms with van der Waals surface area (Å²) < 4.78 is 1.85. The molecule has 3 heterocycles. The van der Waals surface area contributed by atoms with Gasteiger partial charge >= 0.3 is 0 Å². The zero-order chi connectivity index (χ0) is 24.2.